The van der Waals surface area contributed by atoms with Crippen LogP contribution in [-0.4, -0.2) is 15.9 Å². The molecule has 30 heavy (non-hydrogen) atoms. The van der Waals surface area contributed by atoms with Gasteiger partial charge in [0.15, 0.2) is 5.75 Å². The smallest absolute Gasteiger partial charge is 0.238 e. The quantitative estimate of drug-likeness (QED) is 0.397. The van der Waals surface area contributed by atoms with E-state index in [1.54, 1.807) is 24.3 Å². The summed E-state index contributed by atoms with van der Waals surface area (Å²) >= 11 is 12.0. The zero-order valence-electron chi connectivity index (χ0n) is 15.5. The minimum atomic E-state index is -0.269. The molecule has 150 valence electrons. The van der Waals surface area contributed by atoms with Crippen LogP contribution in [0.5, 0.6) is 11.6 Å². The first-order valence-electron chi connectivity index (χ1n) is 8.96. The summed E-state index contributed by atoms with van der Waals surface area (Å²) in [6, 6.07) is 18.0. The Bertz CT molecular complexity index is 1180. The van der Waals surface area contributed by atoms with Gasteiger partial charge < -0.3 is 14.5 Å². The number of halogens is 2. The highest BCUT2D eigenvalue weighted by Gasteiger charge is 2.14. The minimum absolute atomic E-state index is 0.0462. The van der Waals surface area contributed by atoms with Crippen molar-refractivity contribution in [2.75, 3.05) is 5.32 Å². The topological polar surface area (TPSA) is 77.2 Å². The lowest BCUT2D eigenvalue weighted by molar-refractivity contribution is -0.115. The van der Waals surface area contributed by atoms with Crippen molar-refractivity contribution in [2.24, 2.45) is 0 Å². The number of hydrogen-bond acceptors (Lipinski definition) is 5. The van der Waals surface area contributed by atoms with Crippen molar-refractivity contribution in [3.8, 4) is 23.1 Å². The Kier molecular flexibility index (Phi) is 5.97. The molecule has 2 aromatic heterocycles. The van der Waals surface area contributed by atoms with E-state index in [1.807, 2.05) is 30.3 Å². The minimum Gasteiger partial charge on any atom is -0.444 e. The van der Waals surface area contributed by atoms with Crippen molar-refractivity contribution in [1.82, 2.24) is 9.97 Å². The number of amides is 1. The van der Waals surface area contributed by atoms with Crippen LogP contribution in [0.3, 0.4) is 0 Å². The first kappa shape index (κ1) is 19.9. The van der Waals surface area contributed by atoms with Crippen LogP contribution in [0.15, 0.2) is 77.5 Å². The maximum atomic E-state index is 12.5. The molecule has 8 heteroatoms. The molecule has 0 saturated carbocycles. The fourth-order valence-electron chi connectivity index (χ4n) is 2.70. The molecule has 0 aliphatic rings. The van der Waals surface area contributed by atoms with Crippen LogP contribution in [0.25, 0.3) is 11.5 Å². The lowest BCUT2D eigenvalue weighted by Crippen LogP contribution is -2.15. The summed E-state index contributed by atoms with van der Waals surface area (Å²) in [5.74, 6) is 0.777. The van der Waals surface area contributed by atoms with E-state index in [2.05, 4.69) is 15.3 Å². The maximum Gasteiger partial charge on any atom is 0.238 e. The zero-order chi connectivity index (χ0) is 20.9. The van der Waals surface area contributed by atoms with Crippen LogP contribution in [0, 0.1) is 0 Å². The van der Waals surface area contributed by atoms with Crippen molar-refractivity contribution in [3.63, 3.8) is 0 Å². The van der Waals surface area contributed by atoms with Crippen LogP contribution in [-0.2, 0) is 11.2 Å². The van der Waals surface area contributed by atoms with Crippen molar-refractivity contribution < 1.29 is 13.9 Å². The largest absolute Gasteiger partial charge is 0.444 e. The predicted octanol–water partition coefficient (Wildman–Crippen LogP) is 6.02. The van der Waals surface area contributed by atoms with E-state index in [0.717, 1.165) is 5.56 Å². The molecule has 2 aromatic carbocycles. The Hall–Kier alpha value is -3.35. The SMILES string of the molecule is O=C(Cc1coc(-c2ccccc2)n1)Nc1ccccc1Oc1ncc(Cl)cc1Cl. The van der Waals surface area contributed by atoms with E-state index >= 15 is 0 Å². The summed E-state index contributed by atoms with van der Waals surface area (Å²) < 4.78 is 11.2. The van der Waals surface area contributed by atoms with Gasteiger partial charge in [-0.25, -0.2) is 9.97 Å². The summed E-state index contributed by atoms with van der Waals surface area (Å²) in [4.78, 5) is 21.0. The van der Waals surface area contributed by atoms with Gasteiger partial charge in [-0.15, -0.1) is 0 Å². The lowest BCUT2D eigenvalue weighted by atomic mass is 10.2. The number of rotatable bonds is 6. The van der Waals surface area contributed by atoms with E-state index in [4.69, 9.17) is 32.4 Å². The van der Waals surface area contributed by atoms with Gasteiger partial charge in [0.1, 0.15) is 11.3 Å². The van der Waals surface area contributed by atoms with Crippen molar-refractivity contribution in [2.45, 2.75) is 6.42 Å². The average molecular weight is 440 g/mol. The molecule has 0 spiro atoms. The number of anilines is 1. The Morgan fingerprint density at radius 2 is 1.83 bits per heavy atom. The summed E-state index contributed by atoms with van der Waals surface area (Å²) in [5.41, 5.74) is 1.84. The molecule has 1 N–H and O–H groups in total. The van der Waals surface area contributed by atoms with E-state index in [-0.39, 0.29) is 23.2 Å². The third-order valence-electron chi connectivity index (χ3n) is 4.06. The number of ether oxygens (including phenoxy) is 1. The van der Waals surface area contributed by atoms with E-state index in [0.29, 0.717) is 28.0 Å². The summed E-state index contributed by atoms with van der Waals surface area (Å²) in [6.07, 6.45) is 2.95. The number of aromatic nitrogens is 2. The molecule has 2 heterocycles. The average Bonchev–Trinajstić information content (AvgIpc) is 3.20. The van der Waals surface area contributed by atoms with Gasteiger partial charge in [0.2, 0.25) is 17.7 Å². The molecule has 0 unspecified atom stereocenters. The Balaban J connectivity index is 1.46. The molecule has 0 aliphatic heterocycles. The first-order chi connectivity index (χ1) is 14.6. The third-order valence-corrected chi connectivity index (χ3v) is 4.53. The van der Waals surface area contributed by atoms with Gasteiger partial charge in [-0.05, 0) is 30.3 Å². The fourth-order valence-corrected chi connectivity index (χ4v) is 3.12. The molecule has 0 atom stereocenters. The number of nitrogens with one attached hydrogen (secondary N) is 1. The highest BCUT2D eigenvalue weighted by atomic mass is 35.5. The van der Waals surface area contributed by atoms with Gasteiger partial charge >= 0.3 is 0 Å². The molecule has 4 aromatic rings. The second kappa shape index (κ2) is 8.98. The van der Waals surface area contributed by atoms with Crippen LogP contribution >= 0.6 is 23.2 Å². The summed E-state index contributed by atoms with van der Waals surface area (Å²) in [7, 11) is 0. The summed E-state index contributed by atoms with van der Waals surface area (Å²) in [6.45, 7) is 0. The molecular weight excluding hydrogens is 425 g/mol. The molecule has 0 radical (unpaired) electrons. The van der Waals surface area contributed by atoms with Gasteiger partial charge in [-0.3, -0.25) is 4.79 Å². The Labute approximate surface area is 182 Å². The van der Waals surface area contributed by atoms with Crippen molar-refractivity contribution in [3.05, 3.63) is 88.9 Å². The van der Waals surface area contributed by atoms with Gasteiger partial charge in [-0.1, -0.05) is 53.5 Å². The number of para-hydroxylation sites is 2. The number of hydrogen-bond donors (Lipinski definition) is 1. The molecule has 0 fully saturated rings. The van der Waals surface area contributed by atoms with Crippen LogP contribution in [0.4, 0.5) is 5.69 Å². The fraction of sp³-hybridized carbons (Fsp3) is 0.0455. The van der Waals surface area contributed by atoms with Gasteiger partial charge in [0.05, 0.1) is 22.8 Å². The standard InChI is InChI=1S/C22H15Cl2N3O3/c23-15-10-17(24)22(25-12-15)30-19-9-5-4-8-18(19)27-20(28)11-16-13-29-21(26-16)14-6-2-1-3-7-14/h1-10,12-13H,11H2,(H,27,28). The van der Waals surface area contributed by atoms with Crippen LogP contribution < -0.4 is 10.1 Å². The molecule has 1 amide bonds. The highest BCUT2D eigenvalue weighted by molar-refractivity contribution is 6.35. The lowest BCUT2D eigenvalue weighted by Gasteiger charge is -2.12. The molecule has 6 nitrogen and oxygen atoms in total. The molecular formula is C22H15Cl2N3O3. The Morgan fingerprint density at radius 1 is 1.07 bits per heavy atom. The maximum absolute atomic E-state index is 12.5. The second-order valence-electron chi connectivity index (χ2n) is 6.27. The van der Waals surface area contributed by atoms with Gasteiger partial charge in [-0.2, -0.15) is 0 Å². The number of pyridine rings is 1. The van der Waals surface area contributed by atoms with Gasteiger partial charge in [0, 0.05) is 11.8 Å². The second-order valence-corrected chi connectivity index (χ2v) is 7.12. The number of nitrogens with zero attached hydrogens (tertiary/aromatic N) is 2. The van der Waals surface area contributed by atoms with Gasteiger partial charge in [0.25, 0.3) is 0 Å². The third kappa shape index (κ3) is 4.79. The number of carbonyl (C=O) groups is 1. The van der Waals surface area contributed by atoms with Crippen molar-refractivity contribution in [1.29, 1.82) is 0 Å². The monoisotopic (exact) mass is 439 g/mol. The van der Waals surface area contributed by atoms with E-state index < -0.39 is 0 Å². The molecule has 0 saturated heterocycles. The van der Waals surface area contributed by atoms with E-state index in [9.17, 15) is 4.79 Å². The van der Waals surface area contributed by atoms with Crippen LogP contribution in [0.2, 0.25) is 10.0 Å². The normalized spacial score (nSPS) is 10.6. The van der Waals surface area contributed by atoms with Crippen LogP contribution in [0.1, 0.15) is 5.69 Å². The molecule has 0 bridgehead atoms. The zero-order valence-corrected chi connectivity index (χ0v) is 17.0. The number of carbonyl (C=O) groups excluding carboxylic acids is 1. The summed E-state index contributed by atoms with van der Waals surface area (Å²) in [5, 5.41) is 3.48. The number of benzene rings is 2. The molecule has 0 aliphatic carbocycles. The van der Waals surface area contributed by atoms with E-state index in [1.165, 1.54) is 18.5 Å². The molecule has 4 rings (SSSR count). The van der Waals surface area contributed by atoms with Crippen molar-refractivity contribution >= 4 is 34.8 Å². The number of oxazole rings is 1. The Morgan fingerprint density at radius 3 is 2.63 bits per heavy atom. The highest BCUT2D eigenvalue weighted by Crippen LogP contribution is 2.33. The first-order valence-corrected chi connectivity index (χ1v) is 9.71. The predicted molar refractivity (Wildman–Crippen MR) is 115 cm³/mol.